The number of hydrogen-bond acceptors (Lipinski definition) is 3. The minimum Gasteiger partial charge on any atom is -0.342 e. The smallest absolute Gasteiger partial charge is 0.226 e. The Morgan fingerprint density at radius 2 is 1.80 bits per heavy atom. The standard InChI is InChI=1S/C19H25N3O3/c1-2-21(13-15-6-4-3-5-7-15)18(24)16-12-17(16)19(25)22-10-8-20(14-23)9-11-22/h3-7,14,16-17H,2,8-13H2,1H3. The molecule has 0 N–H and O–H groups in total. The van der Waals surface area contributed by atoms with Crippen molar-refractivity contribution in [2.45, 2.75) is 19.9 Å². The molecule has 1 aliphatic heterocycles. The molecule has 1 saturated heterocycles. The molecular weight excluding hydrogens is 318 g/mol. The topological polar surface area (TPSA) is 60.9 Å². The average Bonchev–Trinajstić information content (AvgIpc) is 3.46. The summed E-state index contributed by atoms with van der Waals surface area (Å²) in [6, 6.07) is 9.92. The van der Waals surface area contributed by atoms with E-state index in [1.807, 2.05) is 42.2 Å². The van der Waals surface area contributed by atoms with Crippen molar-refractivity contribution in [2.75, 3.05) is 32.7 Å². The summed E-state index contributed by atoms with van der Waals surface area (Å²) >= 11 is 0. The van der Waals surface area contributed by atoms with Gasteiger partial charge in [-0.05, 0) is 18.9 Å². The third kappa shape index (κ3) is 4.00. The van der Waals surface area contributed by atoms with Crippen LogP contribution in [0, 0.1) is 11.8 Å². The van der Waals surface area contributed by atoms with E-state index in [4.69, 9.17) is 0 Å². The summed E-state index contributed by atoms with van der Waals surface area (Å²) in [6.45, 7) is 5.49. The van der Waals surface area contributed by atoms with Crippen LogP contribution in [0.1, 0.15) is 18.9 Å². The fourth-order valence-electron chi connectivity index (χ4n) is 3.41. The number of rotatable bonds is 6. The summed E-state index contributed by atoms with van der Waals surface area (Å²) in [6.07, 6.45) is 1.48. The van der Waals surface area contributed by atoms with Crippen molar-refractivity contribution >= 4 is 18.2 Å². The third-order valence-corrected chi connectivity index (χ3v) is 5.11. The number of amides is 3. The Balaban J connectivity index is 1.54. The van der Waals surface area contributed by atoms with Crippen LogP contribution < -0.4 is 0 Å². The van der Waals surface area contributed by atoms with Crippen molar-refractivity contribution in [3.63, 3.8) is 0 Å². The van der Waals surface area contributed by atoms with Crippen LogP contribution in [0.4, 0.5) is 0 Å². The Kier molecular flexibility index (Phi) is 5.36. The van der Waals surface area contributed by atoms with Gasteiger partial charge in [-0.25, -0.2) is 0 Å². The van der Waals surface area contributed by atoms with Crippen LogP contribution in [0.3, 0.4) is 0 Å². The summed E-state index contributed by atoms with van der Waals surface area (Å²) < 4.78 is 0. The van der Waals surface area contributed by atoms with Gasteiger partial charge in [-0.3, -0.25) is 14.4 Å². The molecule has 0 bridgehead atoms. The molecule has 0 spiro atoms. The molecule has 3 amide bonds. The molecule has 1 saturated carbocycles. The summed E-state index contributed by atoms with van der Waals surface area (Å²) in [5.41, 5.74) is 1.10. The number of nitrogens with zero attached hydrogens (tertiary/aromatic N) is 3. The summed E-state index contributed by atoms with van der Waals surface area (Å²) in [5.74, 6) is -0.212. The van der Waals surface area contributed by atoms with E-state index in [1.54, 1.807) is 9.80 Å². The molecule has 0 radical (unpaired) electrons. The van der Waals surface area contributed by atoms with Crippen molar-refractivity contribution in [3.8, 4) is 0 Å². The van der Waals surface area contributed by atoms with Gasteiger partial charge in [0.2, 0.25) is 18.2 Å². The van der Waals surface area contributed by atoms with Crippen molar-refractivity contribution in [1.29, 1.82) is 0 Å². The van der Waals surface area contributed by atoms with E-state index < -0.39 is 0 Å². The van der Waals surface area contributed by atoms with Gasteiger partial charge in [-0.2, -0.15) is 0 Å². The molecule has 3 rings (SSSR count). The highest BCUT2D eigenvalue weighted by Gasteiger charge is 2.50. The van der Waals surface area contributed by atoms with E-state index in [1.165, 1.54) is 0 Å². The van der Waals surface area contributed by atoms with Crippen LogP contribution >= 0.6 is 0 Å². The van der Waals surface area contributed by atoms with Crippen LogP contribution in [0.5, 0.6) is 0 Å². The molecule has 2 aliphatic rings. The molecule has 1 heterocycles. The van der Waals surface area contributed by atoms with Crippen molar-refractivity contribution < 1.29 is 14.4 Å². The summed E-state index contributed by atoms with van der Waals surface area (Å²) in [5, 5.41) is 0. The van der Waals surface area contributed by atoms with E-state index >= 15 is 0 Å². The van der Waals surface area contributed by atoms with Gasteiger partial charge in [0.05, 0.1) is 11.8 Å². The lowest BCUT2D eigenvalue weighted by atomic mass is 10.2. The summed E-state index contributed by atoms with van der Waals surface area (Å²) in [4.78, 5) is 41.4. The zero-order valence-corrected chi connectivity index (χ0v) is 14.6. The van der Waals surface area contributed by atoms with Crippen LogP contribution in [0.25, 0.3) is 0 Å². The van der Waals surface area contributed by atoms with Gasteiger partial charge in [0.25, 0.3) is 0 Å². The maximum absolute atomic E-state index is 12.7. The molecule has 2 atom stereocenters. The quantitative estimate of drug-likeness (QED) is 0.723. The Labute approximate surface area is 148 Å². The van der Waals surface area contributed by atoms with Crippen LogP contribution in [-0.2, 0) is 20.9 Å². The van der Waals surface area contributed by atoms with Crippen LogP contribution in [-0.4, -0.2) is 65.6 Å². The summed E-state index contributed by atoms with van der Waals surface area (Å²) in [7, 11) is 0. The molecule has 6 heteroatoms. The second kappa shape index (κ2) is 7.68. The second-order valence-corrected chi connectivity index (χ2v) is 6.75. The highest BCUT2D eigenvalue weighted by atomic mass is 16.2. The van der Waals surface area contributed by atoms with Crippen molar-refractivity contribution in [1.82, 2.24) is 14.7 Å². The van der Waals surface area contributed by atoms with E-state index in [0.29, 0.717) is 45.7 Å². The first-order chi connectivity index (χ1) is 12.1. The largest absolute Gasteiger partial charge is 0.342 e. The zero-order chi connectivity index (χ0) is 17.8. The molecular formula is C19H25N3O3. The molecule has 134 valence electrons. The number of benzene rings is 1. The number of hydrogen-bond donors (Lipinski definition) is 0. The Morgan fingerprint density at radius 1 is 1.12 bits per heavy atom. The maximum atomic E-state index is 12.7. The molecule has 2 fully saturated rings. The first kappa shape index (κ1) is 17.5. The van der Waals surface area contributed by atoms with E-state index in [2.05, 4.69) is 0 Å². The lowest BCUT2D eigenvalue weighted by molar-refractivity contribution is -0.139. The lowest BCUT2D eigenvalue weighted by Crippen LogP contribution is -2.49. The Hall–Kier alpha value is -2.37. The van der Waals surface area contributed by atoms with Crippen LogP contribution in [0.2, 0.25) is 0 Å². The number of carbonyl (C=O) groups excluding carboxylic acids is 3. The van der Waals surface area contributed by atoms with Crippen LogP contribution in [0.15, 0.2) is 30.3 Å². The van der Waals surface area contributed by atoms with E-state index in [9.17, 15) is 14.4 Å². The first-order valence-corrected chi connectivity index (χ1v) is 8.95. The highest BCUT2D eigenvalue weighted by Crippen LogP contribution is 2.41. The fourth-order valence-corrected chi connectivity index (χ4v) is 3.41. The molecule has 1 aromatic carbocycles. The lowest BCUT2D eigenvalue weighted by Gasteiger charge is -2.32. The Morgan fingerprint density at radius 3 is 2.40 bits per heavy atom. The SMILES string of the molecule is CCN(Cc1ccccc1)C(=O)C1CC1C(=O)N1CCN(C=O)CC1. The van der Waals surface area contributed by atoms with Gasteiger partial charge in [0.1, 0.15) is 0 Å². The molecule has 2 unspecified atom stereocenters. The minimum atomic E-state index is -0.180. The number of piperazine rings is 1. The molecule has 1 aromatic rings. The van der Waals surface area contributed by atoms with Gasteiger partial charge >= 0.3 is 0 Å². The van der Waals surface area contributed by atoms with Crippen molar-refractivity contribution in [3.05, 3.63) is 35.9 Å². The third-order valence-electron chi connectivity index (χ3n) is 5.11. The predicted octanol–water partition coefficient (Wildman–Crippen LogP) is 0.972. The van der Waals surface area contributed by atoms with Gasteiger partial charge in [-0.15, -0.1) is 0 Å². The normalized spacial score (nSPS) is 22.4. The molecule has 6 nitrogen and oxygen atoms in total. The van der Waals surface area contributed by atoms with Gasteiger partial charge in [0, 0.05) is 39.3 Å². The monoisotopic (exact) mass is 343 g/mol. The highest BCUT2D eigenvalue weighted by molar-refractivity contribution is 5.92. The van der Waals surface area contributed by atoms with Crippen molar-refractivity contribution in [2.24, 2.45) is 11.8 Å². The Bertz CT molecular complexity index is 626. The maximum Gasteiger partial charge on any atom is 0.226 e. The minimum absolute atomic E-state index is 0.0691. The van der Waals surface area contributed by atoms with E-state index in [0.717, 1.165) is 12.0 Å². The van der Waals surface area contributed by atoms with Gasteiger partial charge < -0.3 is 14.7 Å². The average molecular weight is 343 g/mol. The second-order valence-electron chi connectivity index (χ2n) is 6.75. The predicted molar refractivity (Wildman–Crippen MR) is 93.3 cm³/mol. The fraction of sp³-hybridized carbons (Fsp3) is 0.526. The van der Waals surface area contributed by atoms with E-state index in [-0.39, 0.29) is 23.7 Å². The molecule has 25 heavy (non-hydrogen) atoms. The zero-order valence-electron chi connectivity index (χ0n) is 14.6. The van der Waals surface area contributed by atoms with Gasteiger partial charge in [0.15, 0.2) is 0 Å². The van der Waals surface area contributed by atoms with Gasteiger partial charge in [-0.1, -0.05) is 30.3 Å². The molecule has 0 aromatic heterocycles. The molecule has 1 aliphatic carbocycles. The number of carbonyl (C=O) groups is 3. The first-order valence-electron chi connectivity index (χ1n) is 8.95.